The Morgan fingerprint density at radius 1 is 1.05 bits per heavy atom. The summed E-state index contributed by atoms with van der Waals surface area (Å²) in [6.45, 7) is -1.78. The van der Waals surface area contributed by atoms with E-state index in [0.29, 0.717) is 23.0 Å². The Morgan fingerprint density at radius 2 is 1.59 bits per heavy atom. The van der Waals surface area contributed by atoms with Crippen LogP contribution in [0.1, 0.15) is 12.6 Å². The molecule has 5 rings (SSSR count). The van der Waals surface area contributed by atoms with Crippen molar-refractivity contribution in [3.8, 4) is 23.0 Å². The summed E-state index contributed by atoms with van der Waals surface area (Å²) >= 11 is 0. The molecule has 3 heterocycles. The highest BCUT2D eigenvalue weighted by Gasteiger charge is 2.37. The van der Waals surface area contributed by atoms with Crippen molar-refractivity contribution in [2.45, 2.75) is 24.9 Å². The molecule has 4 aromatic rings. The first kappa shape index (κ1) is 29.9. The molecule has 2 aromatic heterocycles. The Kier molecular flexibility index (Phi) is 10.2. The van der Waals surface area contributed by atoms with E-state index in [2.05, 4.69) is 15.0 Å². The number of ether oxygens (including phenoxy) is 3. The lowest BCUT2D eigenvalue weighted by Crippen LogP contribution is -2.26. The van der Waals surface area contributed by atoms with E-state index >= 15 is 0 Å². The number of H-pyrrole nitrogens is 1. The quantitative estimate of drug-likeness (QED) is 0.229. The zero-order valence-electron chi connectivity index (χ0n) is 22.0. The van der Waals surface area contributed by atoms with Gasteiger partial charge >= 0.3 is 8.60 Å². The summed E-state index contributed by atoms with van der Waals surface area (Å²) in [5.41, 5.74) is 5.62. The molecule has 1 aliphatic heterocycles. The van der Waals surface area contributed by atoms with Crippen LogP contribution in [0.5, 0.6) is 23.0 Å². The number of fused-ring (bicyclic) bond motifs is 1. The van der Waals surface area contributed by atoms with E-state index in [4.69, 9.17) is 33.5 Å². The molecule has 13 nitrogen and oxygen atoms in total. The van der Waals surface area contributed by atoms with Gasteiger partial charge in [0.15, 0.2) is 11.2 Å². The number of imidazole rings is 1. The molecular weight excluding hydrogens is 567 g/mol. The number of hydrogen-bond donors (Lipinski definition) is 3. The molecule has 3 atom stereocenters. The molecule has 0 spiro atoms. The maximum atomic E-state index is 12.1. The molecule has 1 aliphatic rings. The van der Waals surface area contributed by atoms with Gasteiger partial charge in [-0.25, -0.2) is 13.8 Å². The van der Waals surface area contributed by atoms with Crippen LogP contribution in [-0.2, 0) is 9.26 Å². The first-order valence-electron chi connectivity index (χ1n) is 12.1. The molecule has 1 saturated heterocycles. The van der Waals surface area contributed by atoms with E-state index < -0.39 is 39.5 Å². The summed E-state index contributed by atoms with van der Waals surface area (Å²) < 4.78 is 55.1. The van der Waals surface area contributed by atoms with E-state index in [-0.39, 0.29) is 30.1 Å². The molecule has 2 aromatic carbocycles. The van der Waals surface area contributed by atoms with Crippen LogP contribution in [0, 0.1) is 0 Å². The van der Waals surface area contributed by atoms with Crippen LogP contribution in [0.25, 0.3) is 11.2 Å². The van der Waals surface area contributed by atoms with Crippen molar-refractivity contribution in [2.24, 2.45) is 0 Å². The van der Waals surface area contributed by atoms with Crippen molar-refractivity contribution in [1.29, 1.82) is 0 Å². The number of anilines is 1. The number of aromatic nitrogens is 4. The number of aliphatic hydroxyl groups is 1. The molecule has 16 heteroatoms. The third-order valence-corrected chi connectivity index (χ3v) is 6.87. The second-order valence-electron chi connectivity index (χ2n) is 8.36. The second-order valence-corrected chi connectivity index (χ2v) is 9.43. The monoisotopic (exact) mass is 595 g/mol. The van der Waals surface area contributed by atoms with Gasteiger partial charge in [0.1, 0.15) is 35.3 Å². The maximum Gasteiger partial charge on any atom is 0.463 e. The minimum absolute atomic E-state index is 0.0293. The van der Waals surface area contributed by atoms with Crippen LogP contribution in [0.3, 0.4) is 0 Å². The van der Waals surface area contributed by atoms with Crippen molar-refractivity contribution < 1.29 is 41.7 Å². The summed E-state index contributed by atoms with van der Waals surface area (Å²) in [6.07, 6.45) is -0.547. The first-order valence-corrected chi connectivity index (χ1v) is 13.2. The molecule has 0 saturated carbocycles. The maximum absolute atomic E-state index is 12.1. The highest BCUT2D eigenvalue weighted by atomic mass is 31.2. The van der Waals surface area contributed by atoms with Crippen molar-refractivity contribution in [1.82, 2.24) is 19.5 Å². The van der Waals surface area contributed by atoms with Gasteiger partial charge in [-0.2, -0.15) is 4.98 Å². The summed E-state index contributed by atoms with van der Waals surface area (Å²) in [4.78, 5) is 22.8. The number of nitrogens with two attached hydrogens (primary N) is 1. The van der Waals surface area contributed by atoms with Crippen LogP contribution in [0.4, 0.5) is 14.7 Å². The van der Waals surface area contributed by atoms with E-state index in [9.17, 15) is 18.7 Å². The molecule has 3 unspecified atom stereocenters. The van der Waals surface area contributed by atoms with Crippen molar-refractivity contribution in [3.63, 3.8) is 0 Å². The number of nitrogens with one attached hydrogen (secondary N) is 1. The molecule has 0 radical (unpaired) electrons. The van der Waals surface area contributed by atoms with E-state index in [1.165, 1.54) is 6.33 Å². The van der Waals surface area contributed by atoms with Gasteiger partial charge in [-0.3, -0.25) is 18.9 Å². The number of hydrogen-bond acceptors (Lipinski definition) is 11. The van der Waals surface area contributed by atoms with Gasteiger partial charge in [0.05, 0.1) is 33.3 Å². The van der Waals surface area contributed by atoms with E-state index in [0.717, 1.165) is 0 Å². The molecule has 1 fully saturated rings. The normalized spacial score (nSPS) is 18.1. The van der Waals surface area contributed by atoms with Gasteiger partial charge in [-0.15, -0.1) is 0 Å². The Bertz CT molecular complexity index is 1410. The number of rotatable bonds is 10. The van der Waals surface area contributed by atoms with E-state index in [1.54, 1.807) is 67.3 Å². The number of benzene rings is 2. The van der Waals surface area contributed by atoms with Crippen molar-refractivity contribution in [3.05, 3.63) is 65.2 Å². The lowest BCUT2D eigenvalue weighted by atomic mass is 10.2. The van der Waals surface area contributed by atoms with Crippen LogP contribution >= 0.6 is 8.60 Å². The molecular formula is C25H28F2N5O8P. The smallest absolute Gasteiger partial charge is 0.463 e. The largest absolute Gasteiger partial charge is 0.497 e. The fraction of sp³-hybridized carbons (Fsp3) is 0.320. The van der Waals surface area contributed by atoms with Gasteiger partial charge in [0.25, 0.3) is 5.56 Å². The standard InChI is InChI=1S/C24H26N5O8P.CH2F2/c1-32-14-3-7-16(8-4-14)36-38(37-17-9-5-15(33-2)6-10-17)34-12-19-18(30)11-20(35-19)29-13-26-21-22(29)27-24(25)28-23(21)31;2-1-3/h3-10,13,18-20,30H,11-12H2,1-2H3,(H3,25,27,28,31);1H2. The molecule has 4 N–H and O–H groups in total. The van der Waals surface area contributed by atoms with Gasteiger partial charge in [0, 0.05) is 6.42 Å². The zero-order valence-corrected chi connectivity index (χ0v) is 22.9. The van der Waals surface area contributed by atoms with Gasteiger partial charge in [0.2, 0.25) is 12.9 Å². The third kappa shape index (κ3) is 7.58. The topological polar surface area (TPSA) is 165 Å². The van der Waals surface area contributed by atoms with E-state index in [1.807, 2.05) is 0 Å². The number of nitrogens with zero attached hydrogens (tertiary/aromatic N) is 3. The number of aliphatic hydroxyl groups excluding tert-OH is 1. The highest BCUT2D eigenvalue weighted by molar-refractivity contribution is 7.42. The SMILES string of the molecule is COc1ccc(OP(OCC2OC(n3cnc4c(=O)[nH]c(N)nc43)CC2O)Oc2ccc(OC)cc2)cc1.FCF. The van der Waals surface area contributed by atoms with Crippen molar-refractivity contribution >= 4 is 25.7 Å². The highest BCUT2D eigenvalue weighted by Crippen LogP contribution is 2.43. The van der Waals surface area contributed by atoms with Crippen LogP contribution in [0.2, 0.25) is 0 Å². The summed E-state index contributed by atoms with van der Waals surface area (Å²) in [5.74, 6) is 2.33. The fourth-order valence-corrected chi connectivity index (χ4v) is 4.84. The first-order chi connectivity index (χ1) is 19.8. The number of nitrogen functional groups attached to an aromatic ring is 1. The van der Waals surface area contributed by atoms with Crippen LogP contribution in [-0.4, -0.2) is 64.6 Å². The predicted octanol–water partition coefficient (Wildman–Crippen LogP) is 3.65. The Morgan fingerprint density at radius 3 is 2.12 bits per heavy atom. The molecule has 0 amide bonds. The lowest BCUT2D eigenvalue weighted by Gasteiger charge is -2.21. The minimum Gasteiger partial charge on any atom is -0.497 e. The Labute approximate surface area is 233 Å². The third-order valence-electron chi connectivity index (χ3n) is 5.79. The average Bonchev–Trinajstić information content (AvgIpc) is 3.56. The minimum atomic E-state index is -1.94. The second kappa shape index (κ2) is 14.0. The fourth-order valence-electron chi connectivity index (χ4n) is 3.84. The summed E-state index contributed by atoms with van der Waals surface area (Å²) in [5, 5.41) is 10.7. The summed E-state index contributed by atoms with van der Waals surface area (Å²) in [7, 11) is 1.22. The Hall–Kier alpha value is -4.04. The van der Waals surface area contributed by atoms with Crippen LogP contribution < -0.4 is 29.8 Å². The van der Waals surface area contributed by atoms with Gasteiger partial charge < -0.3 is 34.1 Å². The molecule has 41 heavy (non-hydrogen) atoms. The predicted molar refractivity (Wildman–Crippen MR) is 144 cm³/mol. The average molecular weight is 595 g/mol. The molecule has 220 valence electrons. The molecule has 0 aliphatic carbocycles. The number of halogens is 2. The number of alkyl halides is 2. The number of methoxy groups -OCH3 is 2. The van der Waals surface area contributed by atoms with Gasteiger partial charge in [-0.05, 0) is 48.5 Å². The van der Waals surface area contributed by atoms with Crippen LogP contribution in [0.15, 0.2) is 59.7 Å². The number of aromatic amines is 1. The summed E-state index contributed by atoms with van der Waals surface area (Å²) in [6, 6.07) is 14.0. The van der Waals surface area contributed by atoms with Gasteiger partial charge in [-0.1, -0.05) is 0 Å². The molecule has 0 bridgehead atoms. The van der Waals surface area contributed by atoms with Crippen molar-refractivity contribution in [2.75, 3.05) is 33.5 Å². The zero-order chi connectivity index (χ0) is 29.4. The Balaban J connectivity index is 0.00000124. The lowest BCUT2D eigenvalue weighted by molar-refractivity contribution is -0.0392.